The quantitative estimate of drug-likeness (QED) is 0.361. The number of rotatable bonds is 3. The van der Waals surface area contributed by atoms with Gasteiger partial charge in [-0.05, 0) is 0 Å². The van der Waals surface area contributed by atoms with E-state index >= 15 is 0 Å². The summed E-state index contributed by atoms with van der Waals surface area (Å²) in [5.74, 6) is 0. The van der Waals surface area contributed by atoms with E-state index in [9.17, 15) is 0 Å². The van der Waals surface area contributed by atoms with Crippen molar-refractivity contribution in [2.75, 3.05) is 0 Å². The molecule has 27 heavy (non-hydrogen) atoms. The Hall–Kier alpha value is -1.11. The Balaban J connectivity index is 2.19. The Kier molecular flexibility index (Phi) is 6.18. The summed E-state index contributed by atoms with van der Waals surface area (Å²) < 4.78 is 5.40. The van der Waals surface area contributed by atoms with E-state index in [1.807, 2.05) is 0 Å². The number of aromatic nitrogens is 2. The van der Waals surface area contributed by atoms with Gasteiger partial charge in [0, 0.05) is 0 Å². The minimum atomic E-state index is -1.86. The maximum absolute atomic E-state index is 6.55. The fourth-order valence-electron chi connectivity index (χ4n) is 3.98. The molecule has 0 bridgehead atoms. The van der Waals surface area contributed by atoms with Crippen molar-refractivity contribution in [2.24, 2.45) is 0 Å². The molecular formula is C22H26Cl2N2Pd-2. The van der Waals surface area contributed by atoms with Gasteiger partial charge in [-0.3, -0.25) is 0 Å². The molecule has 0 spiro atoms. The molecule has 1 heterocycles. The Morgan fingerprint density at radius 1 is 0.741 bits per heavy atom. The summed E-state index contributed by atoms with van der Waals surface area (Å²) >= 11 is -1.86. The number of nitrogens with zero attached hydrogens (tertiary/aromatic N) is 2. The van der Waals surface area contributed by atoms with Crippen molar-refractivity contribution in [1.82, 2.24) is 9.13 Å². The van der Waals surface area contributed by atoms with Crippen molar-refractivity contribution in [3.63, 3.8) is 0 Å². The van der Waals surface area contributed by atoms with E-state index in [1.165, 1.54) is 44.6 Å². The van der Waals surface area contributed by atoms with Gasteiger partial charge in [0.25, 0.3) is 0 Å². The molecule has 0 N–H and O–H groups in total. The van der Waals surface area contributed by atoms with Crippen molar-refractivity contribution in [1.29, 1.82) is 0 Å². The number of halogens is 2. The van der Waals surface area contributed by atoms with Crippen LogP contribution < -0.4 is 0 Å². The summed E-state index contributed by atoms with van der Waals surface area (Å²) in [5, 5.41) is 0. The van der Waals surface area contributed by atoms with Crippen LogP contribution in [0.3, 0.4) is 0 Å². The predicted molar refractivity (Wildman–Crippen MR) is 113 cm³/mol. The van der Waals surface area contributed by atoms with E-state index in [0.717, 1.165) is 10.4 Å². The van der Waals surface area contributed by atoms with Crippen LogP contribution in [0, 0.1) is 45.4 Å². The van der Waals surface area contributed by atoms with Crippen molar-refractivity contribution in [3.05, 3.63) is 79.5 Å². The van der Waals surface area contributed by atoms with Crippen LogP contribution in [-0.2, 0) is 20.8 Å². The van der Waals surface area contributed by atoms with Crippen LogP contribution in [0.5, 0.6) is 0 Å². The van der Waals surface area contributed by atoms with Crippen LogP contribution in [0.2, 0.25) is 0 Å². The zero-order valence-corrected chi connectivity index (χ0v) is 19.7. The van der Waals surface area contributed by atoms with Gasteiger partial charge in [0.1, 0.15) is 0 Å². The Morgan fingerprint density at radius 2 is 1.22 bits per heavy atom. The van der Waals surface area contributed by atoms with Gasteiger partial charge in [-0.25, -0.2) is 0 Å². The molecule has 5 heteroatoms. The summed E-state index contributed by atoms with van der Waals surface area (Å²) in [6.07, 6.45) is 4.20. The molecule has 0 atom stereocenters. The molecule has 0 fully saturated rings. The molecule has 0 aliphatic rings. The van der Waals surface area contributed by atoms with Gasteiger partial charge in [0.15, 0.2) is 0 Å². The Morgan fingerprint density at radius 3 is 1.70 bits per heavy atom. The third-order valence-corrected chi connectivity index (χ3v) is 7.56. The van der Waals surface area contributed by atoms with E-state index in [2.05, 4.69) is 87.3 Å². The first-order valence-electron chi connectivity index (χ1n) is 8.90. The van der Waals surface area contributed by atoms with Gasteiger partial charge in [0.2, 0.25) is 0 Å². The van der Waals surface area contributed by atoms with Gasteiger partial charge in [-0.1, -0.05) is 0 Å². The number of benzene rings is 2. The van der Waals surface area contributed by atoms with Crippen molar-refractivity contribution >= 4 is 19.1 Å². The first-order chi connectivity index (χ1) is 12.7. The van der Waals surface area contributed by atoms with Gasteiger partial charge >= 0.3 is 176 Å². The molecule has 1 aromatic heterocycles. The average molecular weight is 496 g/mol. The number of hydrogen-bond acceptors (Lipinski definition) is 0. The van der Waals surface area contributed by atoms with Crippen molar-refractivity contribution < 1.29 is 14.3 Å². The van der Waals surface area contributed by atoms with Gasteiger partial charge in [-0.15, -0.1) is 0 Å². The molecule has 2 aromatic carbocycles. The number of imidazole rings is 1. The Labute approximate surface area is 175 Å². The maximum atomic E-state index is 6.55. The van der Waals surface area contributed by atoms with E-state index in [1.54, 1.807) is 0 Å². The molecule has 0 amide bonds. The van der Waals surface area contributed by atoms with Crippen LogP contribution in [0.4, 0.5) is 0 Å². The summed E-state index contributed by atoms with van der Waals surface area (Å²) in [5.41, 5.74) is 10.2. The van der Waals surface area contributed by atoms with Crippen LogP contribution in [0.15, 0.2) is 36.7 Å². The molecule has 3 aromatic rings. The average Bonchev–Trinajstić information content (AvgIpc) is 2.93. The molecule has 3 rings (SSSR count). The van der Waals surface area contributed by atoms with E-state index in [0.29, 0.717) is 0 Å². The van der Waals surface area contributed by atoms with Gasteiger partial charge in [0.05, 0.1) is 0 Å². The van der Waals surface area contributed by atoms with E-state index < -0.39 is 14.3 Å². The van der Waals surface area contributed by atoms with Crippen LogP contribution >= 0.6 is 19.1 Å². The molecule has 0 unspecified atom stereocenters. The van der Waals surface area contributed by atoms with Crippen molar-refractivity contribution in [2.45, 2.75) is 48.1 Å². The fraction of sp³-hybridized carbons (Fsp3) is 0.318. The molecular weight excluding hydrogens is 470 g/mol. The second-order valence-corrected chi connectivity index (χ2v) is 12.4. The van der Waals surface area contributed by atoms with E-state index in [-0.39, 0.29) is 0 Å². The van der Waals surface area contributed by atoms with Gasteiger partial charge in [-0.2, -0.15) is 0 Å². The SMILES string of the molecule is Cc1cc(C)c(Cn2ccn(-c3c(C)cc(C)cc3C)[c]2=[Pd-2]([Cl])[Cl])c(C)c1. The minimum absolute atomic E-state index is 0.779. The molecule has 150 valence electrons. The molecule has 2 nitrogen and oxygen atoms in total. The van der Waals surface area contributed by atoms with Crippen LogP contribution in [0.25, 0.3) is 5.69 Å². The molecule has 0 saturated heterocycles. The predicted octanol–water partition coefficient (Wildman–Crippen LogP) is 6.64. The standard InChI is InChI=1S/C22H26N2.2ClH.Pd/c1-15-9-17(3)21(18(4)10-15)13-23-7-8-24(14-23)22-19(5)11-16(2)12-20(22)6;;;/h7-12H,13H2,1-6H3;2*1H;/p-2. The second-order valence-electron chi connectivity index (χ2n) is 7.33. The summed E-state index contributed by atoms with van der Waals surface area (Å²) in [7, 11) is 13.1. The van der Waals surface area contributed by atoms with Crippen LogP contribution in [0.1, 0.15) is 38.9 Å². The monoisotopic (exact) mass is 494 g/mol. The molecule has 0 saturated carbocycles. The number of hydrogen-bond donors (Lipinski definition) is 0. The topological polar surface area (TPSA) is 9.86 Å². The molecule has 0 aliphatic heterocycles. The van der Waals surface area contributed by atoms with E-state index in [4.69, 9.17) is 19.1 Å². The second kappa shape index (κ2) is 8.10. The molecule has 0 aliphatic carbocycles. The first kappa shape index (κ1) is 20.6. The van der Waals surface area contributed by atoms with Crippen LogP contribution in [-0.4, -0.2) is 9.13 Å². The fourth-order valence-corrected chi connectivity index (χ4v) is 6.62. The van der Waals surface area contributed by atoms with Crippen molar-refractivity contribution in [3.8, 4) is 5.69 Å². The first-order valence-corrected chi connectivity index (χ1v) is 13.7. The third kappa shape index (κ3) is 4.18. The zero-order valence-electron chi connectivity index (χ0n) is 16.6. The summed E-state index contributed by atoms with van der Waals surface area (Å²) in [6, 6.07) is 8.90. The summed E-state index contributed by atoms with van der Waals surface area (Å²) in [4.78, 5) is 0. The van der Waals surface area contributed by atoms with Gasteiger partial charge < -0.3 is 0 Å². The zero-order chi connectivity index (χ0) is 19.9. The number of aryl methyl sites for hydroxylation is 6. The normalized spacial score (nSPS) is 11.8. The summed E-state index contributed by atoms with van der Waals surface area (Å²) in [6.45, 7) is 13.7. The third-order valence-electron chi connectivity index (χ3n) is 4.95. The molecule has 0 radical (unpaired) electrons. The Bertz CT molecular complexity index is 1040.